The summed E-state index contributed by atoms with van der Waals surface area (Å²) in [5.74, 6) is 0.721. The Morgan fingerprint density at radius 2 is 2.06 bits per heavy atom. The number of nitrogens with zero attached hydrogens (tertiary/aromatic N) is 1. The van der Waals surface area contributed by atoms with E-state index in [9.17, 15) is 0 Å². The summed E-state index contributed by atoms with van der Waals surface area (Å²) in [4.78, 5) is 4.07. The molecule has 0 amide bonds. The molecule has 17 heavy (non-hydrogen) atoms. The molecule has 0 bridgehead atoms. The van der Waals surface area contributed by atoms with E-state index in [1.807, 2.05) is 6.07 Å². The van der Waals surface area contributed by atoms with Crippen LogP contribution >= 0.6 is 0 Å². The van der Waals surface area contributed by atoms with E-state index in [1.54, 1.807) is 26.6 Å². The summed E-state index contributed by atoms with van der Waals surface area (Å²) in [6, 6.07) is 1.81. The smallest absolute Gasteiger partial charge is 0.137 e. The minimum atomic E-state index is -0.0832. The Bertz CT molecular complexity index is 320. The summed E-state index contributed by atoms with van der Waals surface area (Å²) in [5, 5.41) is 0. The fourth-order valence-corrected chi connectivity index (χ4v) is 1.37. The van der Waals surface area contributed by atoms with Crippen LogP contribution in [0, 0.1) is 0 Å². The molecule has 0 aliphatic heterocycles. The summed E-state index contributed by atoms with van der Waals surface area (Å²) in [7, 11) is 3.26. The van der Waals surface area contributed by atoms with E-state index in [-0.39, 0.29) is 6.04 Å². The predicted octanol–water partition coefficient (Wildman–Crippen LogP) is 1.14. The van der Waals surface area contributed by atoms with Gasteiger partial charge in [0.25, 0.3) is 0 Å². The molecule has 1 aromatic rings. The van der Waals surface area contributed by atoms with E-state index in [0.717, 1.165) is 17.7 Å². The van der Waals surface area contributed by atoms with Crippen LogP contribution < -0.4 is 10.5 Å². The number of hydrogen-bond acceptors (Lipinski definition) is 5. The van der Waals surface area contributed by atoms with Crippen LogP contribution in [0.25, 0.3) is 0 Å². The van der Waals surface area contributed by atoms with Crippen molar-refractivity contribution in [3.63, 3.8) is 0 Å². The van der Waals surface area contributed by atoms with Crippen LogP contribution in [0.15, 0.2) is 18.5 Å². The van der Waals surface area contributed by atoms with Gasteiger partial charge in [-0.2, -0.15) is 0 Å². The minimum absolute atomic E-state index is 0.0832. The molecule has 0 aliphatic rings. The van der Waals surface area contributed by atoms with Crippen LogP contribution in [0.1, 0.15) is 18.0 Å². The maximum absolute atomic E-state index is 6.03. The summed E-state index contributed by atoms with van der Waals surface area (Å²) in [6.07, 6.45) is 4.16. The number of ether oxygens (including phenoxy) is 3. The number of rotatable bonds is 8. The third kappa shape index (κ3) is 5.12. The van der Waals surface area contributed by atoms with E-state index >= 15 is 0 Å². The standard InChI is InChI=1S/C12H20N2O3/c1-15-5-6-17-4-3-12(13)10-7-11(16-2)9-14-8-10/h7-9,12H,3-6,13H2,1-2H3. The summed E-state index contributed by atoms with van der Waals surface area (Å²) >= 11 is 0. The number of hydrogen-bond donors (Lipinski definition) is 1. The third-order valence-corrected chi connectivity index (χ3v) is 2.40. The Morgan fingerprint density at radius 3 is 2.76 bits per heavy atom. The van der Waals surface area contributed by atoms with Gasteiger partial charge < -0.3 is 19.9 Å². The van der Waals surface area contributed by atoms with Crippen molar-refractivity contribution in [2.45, 2.75) is 12.5 Å². The maximum atomic E-state index is 6.03. The van der Waals surface area contributed by atoms with Crippen LogP contribution in [0.4, 0.5) is 0 Å². The first kappa shape index (κ1) is 13.9. The zero-order valence-electron chi connectivity index (χ0n) is 10.4. The molecule has 5 nitrogen and oxygen atoms in total. The molecule has 0 radical (unpaired) electrons. The first-order valence-electron chi connectivity index (χ1n) is 5.59. The van der Waals surface area contributed by atoms with Gasteiger partial charge >= 0.3 is 0 Å². The van der Waals surface area contributed by atoms with Gasteiger partial charge in [-0.1, -0.05) is 0 Å². The molecule has 1 heterocycles. The molecule has 0 aromatic carbocycles. The highest BCUT2D eigenvalue weighted by atomic mass is 16.5. The number of pyridine rings is 1. The second-order valence-corrected chi connectivity index (χ2v) is 3.66. The molecule has 1 unspecified atom stereocenters. The van der Waals surface area contributed by atoms with Crippen molar-refractivity contribution >= 4 is 0 Å². The Labute approximate surface area is 102 Å². The molecule has 2 N–H and O–H groups in total. The highest BCUT2D eigenvalue weighted by molar-refractivity contribution is 5.25. The van der Waals surface area contributed by atoms with Crippen molar-refractivity contribution in [3.05, 3.63) is 24.0 Å². The highest BCUT2D eigenvalue weighted by Gasteiger charge is 2.07. The normalized spacial score (nSPS) is 12.4. The highest BCUT2D eigenvalue weighted by Crippen LogP contribution is 2.17. The molecule has 1 aromatic heterocycles. The summed E-state index contributed by atoms with van der Waals surface area (Å²) < 4.78 is 15.3. The molecule has 0 saturated carbocycles. The molecule has 96 valence electrons. The number of nitrogens with two attached hydrogens (primary N) is 1. The topological polar surface area (TPSA) is 66.6 Å². The lowest BCUT2D eigenvalue weighted by Crippen LogP contribution is -2.14. The molecular formula is C12H20N2O3. The van der Waals surface area contributed by atoms with E-state index in [0.29, 0.717) is 19.8 Å². The maximum Gasteiger partial charge on any atom is 0.137 e. The molecule has 0 aliphatic carbocycles. The van der Waals surface area contributed by atoms with E-state index in [4.69, 9.17) is 19.9 Å². The summed E-state index contributed by atoms with van der Waals surface area (Å²) in [6.45, 7) is 1.82. The molecule has 1 atom stereocenters. The Morgan fingerprint density at radius 1 is 1.24 bits per heavy atom. The van der Waals surface area contributed by atoms with Crippen LogP contribution in [0.5, 0.6) is 5.75 Å². The van der Waals surface area contributed by atoms with Crippen molar-refractivity contribution in [1.82, 2.24) is 4.98 Å². The Kier molecular flexibility index (Phi) is 6.54. The molecular weight excluding hydrogens is 220 g/mol. The first-order valence-corrected chi connectivity index (χ1v) is 5.59. The van der Waals surface area contributed by atoms with Gasteiger partial charge in [0.05, 0.1) is 26.5 Å². The van der Waals surface area contributed by atoms with Crippen LogP contribution in [-0.4, -0.2) is 39.0 Å². The lowest BCUT2D eigenvalue weighted by molar-refractivity contribution is 0.0672. The fraction of sp³-hybridized carbons (Fsp3) is 0.583. The minimum Gasteiger partial charge on any atom is -0.495 e. The van der Waals surface area contributed by atoms with E-state index in [2.05, 4.69) is 4.98 Å². The lowest BCUT2D eigenvalue weighted by atomic mass is 10.1. The van der Waals surface area contributed by atoms with Crippen molar-refractivity contribution in [3.8, 4) is 5.75 Å². The van der Waals surface area contributed by atoms with Crippen molar-refractivity contribution < 1.29 is 14.2 Å². The van der Waals surface area contributed by atoms with Gasteiger partial charge in [0.15, 0.2) is 0 Å². The fourth-order valence-electron chi connectivity index (χ4n) is 1.37. The zero-order chi connectivity index (χ0) is 12.5. The molecule has 0 spiro atoms. The van der Waals surface area contributed by atoms with E-state index in [1.165, 1.54) is 0 Å². The number of methoxy groups -OCH3 is 2. The third-order valence-electron chi connectivity index (χ3n) is 2.40. The van der Waals surface area contributed by atoms with Gasteiger partial charge in [-0.05, 0) is 18.1 Å². The van der Waals surface area contributed by atoms with Gasteiger partial charge in [-0.25, -0.2) is 0 Å². The van der Waals surface area contributed by atoms with Gasteiger partial charge in [-0.3, -0.25) is 4.98 Å². The Balaban J connectivity index is 2.33. The van der Waals surface area contributed by atoms with Crippen LogP contribution in [0.2, 0.25) is 0 Å². The van der Waals surface area contributed by atoms with Crippen molar-refractivity contribution in [1.29, 1.82) is 0 Å². The molecule has 5 heteroatoms. The first-order chi connectivity index (χ1) is 8.27. The average Bonchev–Trinajstić information content (AvgIpc) is 2.38. The SMILES string of the molecule is COCCOCCC(N)c1cncc(OC)c1. The monoisotopic (exact) mass is 240 g/mol. The second kappa shape index (κ2) is 8.00. The second-order valence-electron chi connectivity index (χ2n) is 3.66. The van der Waals surface area contributed by atoms with Crippen molar-refractivity contribution in [2.75, 3.05) is 34.0 Å². The predicted molar refractivity (Wildman–Crippen MR) is 65.0 cm³/mol. The summed E-state index contributed by atoms with van der Waals surface area (Å²) in [5.41, 5.74) is 6.98. The Hall–Kier alpha value is -1.17. The lowest BCUT2D eigenvalue weighted by Gasteiger charge is -2.12. The van der Waals surface area contributed by atoms with Gasteiger partial charge in [0, 0.05) is 26.0 Å². The van der Waals surface area contributed by atoms with Gasteiger partial charge in [-0.15, -0.1) is 0 Å². The van der Waals surface area contributed by atoms with Crippen molar-refractivity contribution in [2.24, 2.45) is 5.73 Å². The van der Waals surface area contributed by atoms with Gasteiger partial charge in [0.1, 0.15) is 5.75 Å². The molecule has 0 fully saturated rings. The largest absolute Gasteiger partial charge is 0.495 e. The van der Waals surface area contributed by atoms with Gasteiger partial charge in [0.2, 0.25) is 0 Å². The molecule has 0 saturated heterocycles. The van der Waals surface area contributed by atoms with E-state index < -0.39 is 0 Å². The number of aromatic nitrogens is 1. The zero-order valence-corrected chi connectivity index (χ0v) is 10.4. The van der Waals surface area contributed by atoms with Crippen LogP contribution in [0.3, 0.4) is 0 Å². The average molecular weight is 240 g/mol. The van der Waals surface area contributed by atoms with Crippen LogP contribution in [-0.2, 0) is 9.47 Å². The molecule has 1 rings (SSSR count). The quantitative estimate of drug-likeness (QED) is 0.690.